The number of rotatable bonds is 0. The van der Waals surface area contributed by atoms with E-state index in [1.165, 1.54) is 6.07 Å². The van der Waals surface area contributed by atoms with Crippen LogP contribution in [-0.2, 0) is 0 Å². The van der Waals surface area contributed by atoms with Gasteiger partial charge in [0.25, 0.3) is 0 Å². The van der Waals surface area contributed by atoms with Gasteiger partial charge in [0.2, 0.25) is 0 Å². The molecular formula is C20H17FO2. The van der Waals surface area contributed by atoms with Gasteiger partial charge in [0, 0.05) is 5.39 Å². The van der Waals surface area contributed by atoms with Crippen molar-refractivity contribution in [1.29, 1.82) is 0 Å². The minimum atomic E-state index is -1.01. The van der Waals surface area contributed by atoms with E-state index in [0.717, 1.165) is 27.6 Å². The Kier molecular flexibility index (Phi) is 3.05. The lowest BCUT2D eigenvalue weighted by Crippen LogP contribution is -2.19. The van der Waals surface area contributed by atoms with Crippen LogP contribution in [0.1, 0.15) is 34.5 Å². The van der Waals surface area contributed by atoms with Crippen LogP contribution in [0.4, 0.5) is 4.39 Å². The summed E-state index contributed by atoms with van der Waals surface area (Å²) in [6.07, 6.45) is -1.98. The van der Waals surface area contributed by atoms with Crippen LogP contribution in [0.25, 0.3) is 21.9 Å². The van der Waals surface area contributed by atoms with E-state index in [4.69, 9.17) is 0 Å². The lowest BCUT2D eigenvalue weighted by Gasteiger charge is -2.32. The number of hydrogen-bond donors (Lipinski definition) is 2. The summed E-state index contributed by atoms with van der Waals surface area (Å²) < 4.78 is 14.4. The molecule has 0 radical (unpaired) electrons. The maximum atomic E-state index is 14.4. The molecule has 3 aromatic carbocycles. The van der Waals surface area contributed by atoms with Gasteiger partial charge in [-0.1, -0.05) is 36.4 Å². The van der Waals surface area contributed by atoms with Crippen LogP contribution >= 0.6 is 0 Å². The standard InChI is InChI=1S/C20H17FO2/c1-10-12-8-5-9-15(21)16(12)11(2)17-13-6-3-4-7-14(13)19(22)20(23)18(10)17/h3-9,19-20,22-23H,1-2H3. The summed E-state index contributed by atoms with van der Waals surface area (Å²) in [6, 6.07) is 12.5. The number of halogens is 1. The van der Waals surface area contributed by atoms with E-state index in [0.29, 0.717) is 16.5 Å². The molecule has 1 aliphatic rings. The summed E-state index contributed by atoms with van der Waals surface area (Å²) in [6.45, 7) is 3.76. The Hall–Kier alpha value is -2.23. The lowest BCUT2D eigenvalue weighted by molar-refractivity contribution is 0.0155. The molecule has 0 aromatic heterocycles. The third-order valence-electron chi connectivity index (χ3n) is 4.98. The summed E-state index contributed by atoms with van der Waals surface area (Å²) in [5.41, 5.74) is 4.72. The topological polar surface area (TPSA) is 40.5 Å². The number of benzene rings is 3. The second-order valence-corrected chi connectivity index (χ2v) is 6.18. The normalized spacial score (nSPS) is 19.5. The summed E-state index contributed by atoms with van der Waals surface area (Å²) >= 11 is 0. The van der Waals surface area contributed by atoms with Crippen molar-refractivity contribution in [3.8, 4) is 11.1 Å². The van der Waals surface area contributed by atoms with Crippen LogP contribution in [0.3, 0.4) is 0 Å². The number of aryl methyl sites for hydroxylation is 2. The van der Waals surface area contributed by atoms with E-state index in [2.05, 4.69) is 0 Å². The maximum Gasteiger partial charge on any atom is 0.131 e. The molecule has 0 bridgehead atoms. The fourth-order valence-electron chi connectivity index (χ4n) is 3.90. The van der Waals surface area contributed by atoms with Gasteiger partial charge in [-0.3, -0.25) is 0 Å². The number of aliphatic hydroxyl groups is 2. The van der Waals surface area contributed by atoms with Crippen molar-refractivity contribution in [3.05, 3.63) is 70.5 Å². The molecule has 0 spiro atoms. The predicted molar refractivity (Wildman–Crippen MR) is 88.7 cm³/mol. The molecule has 2 atom stereocenters. The molecule has 0 saturated heterocycles. The van der Waals surface area contributed by atoms with Crippen molar-refractivity contribution >= 4 is 10.8 Å². The van der Waals surface area contributed by atoms with Gasteiger partial charge in [-0.15, -0.1) is 0 Å². The molecule has 3 heteroatoms. The quantitative estimate of drug-likeness (QED) is 0.648. The van der Waals surface area contributed by atoms with Gasteiger partial charge >= 0.3 is 0 Å². The molecule has 4 rings (SSSR count). The van der Waals surface area contributed by atoms with Gasteiger partial charge in [0.1, 0.15) is 18.0 Å². The van der Waals surface area contributed by atoms with E-state index < -0.39 is 12.2 Å². The number of hydrogen-bond acceptors (Lipinski definition) is 2. The Morgan fingerprint density at radius 1 is 0.870 bits per heavy atom. The highest BCUT2D eigenvalue weighted by molar-refractivity contribution is 5.97. The first-order chi connectivity index (χ1) is 11.0. The van der Waals surface area contributed by atoms with Crippen LogP contribution in [0.5, 0.6) is 0 Å². The first kappa shape index (κ1) is 14.4. The summed E-state index contributed by atoms with van der Waals surface area (Å²) in [7, 11) is 0. The van der Waals surface area contributed by atoms with Gasteiger partial charge in [-0.25, -0.2) is 4.39 Å². The second-order valence-electron chi connectivity index (χ2n) is 6.18. The Balaban J connectivity index is 2.24. The molecule has 0 amide bonds. The Bertz CT molecular complexity index is 946. The Morgan fingerprint density at radius 3 is 2.39 bits per heavy atom. The van der Waals surface area contributed by atoms with Crippen LogP contribution in [0, 0.1) is 19.7 Å². The number of aliphatic hydroxyl groups excluding tert-OH is 2. The smallest absolute Gasteiger partial charge is 0.131 e. The zero-order valence-electron chi connectivity index (χ0n) is 13.0. The molecule has 23 heavy (non-hydrogen) atoms. The van der Waals surface area contributed by atoms with E-state index in [1.54, 1.807) is 6.07 Å². The second kappa shape index (κ2) is 4.88. The van der Waals surface area contributed by atoms with Crippen molar-refractivity contribution in [2.24, 2.45) is 0 Å². The zero-order chi connectivity index (χ0) is 16.3. The molecule has 0 aliphatic heterocycles. The van der Waals surface area contributed by atoms with E-state index in [9.17, 15) is 14.6 Å². The third-order valence-corrected chi connectivity index (χ3v) is 4.98. The van der Waals surface area contributed by atoms with E-state index in [-0.39, 0.29) is 5.82 Å². The average molecular weight is 308 g/mol. The van der Waals surface area contributed by atoms with Gasteiger partial charge in [0.15, 0.2) is 0 Å². The SMILES string of the molecule is Cc1c2c(c(C)c3c(F)cccc13)-c1ccccc1C(O)C2O. The molecule has 3 aromatic rings. The highest BCUT2D eigenvalue weighted by Gasteiger charge is 2.34. The maximum absolute atomic E-state index is 14.4. The lowest BCUT2D eigenvalue weighted by atomic mass is 9.76. The fourth-order valence-corrected chi connectivity index (χ4v) is 3.90. The highest BCUT2D eigenvalue weighted by atomic mass is 19.1. The average Bonchev–Trinajstić information content (AvgIpc) is 2.55. The molecular weight excluding hydrogens is 291 g/mol. The summed E-state index contributed by atoms with van der Waals surface area (Å²) in [5.74, 6) is -0.260. The number of fused-ring (bicyclic) bond motifs is 4. The molecule has 2 unspecified atom stereocenters. The zero-order valence-corrected chi connectivity index (χ0v) is 13.0. The van der Waals surface area contributed by atoms with E-state index in [1.807, 2.05) is 44.2 Å². The van der Waals surface area contributed by atoms with Crippen LogP contribution in [0.2, 0.25) is 0 Å². The van der Waals surface area contributed by atoms with Crippen LogP contribution in [0.15, 0.2) is 42.5 Å². The monoisotopic (exact) mass is 308 g/mol. The highest BCUT2D eigenvalue weighted by Crippen LogP contribution is 2.49. The minimum Gasteiger partial charge on any atom is -0.385 e. The largest absolute Gasteiger partial charge is 0.385 e. The Morgan fingerprint density at radius 2 is 1.61 bits per heavy atom. The van der Waals surface area contributed by atoms with Crippen molar-refractivity contribution < 1.29 is 14.6 Å². The van der Waals surface area contributed by atoms with Crippen LogP contribution < -0.4 is 0 Å². The molecule has 1 aliphatic carbocycles. The van der Waals surface area contributed by atoms with Gasteiger partial charge in [-0.2, -0.15) is 0 Å². The predicted octanol–water partition coefficient (Wildman–Crippen LogP) is 4.34. The molecule has 0 heterocycles. The summed E-state index contributed by atoms with van der Waals surface area (Å²) in [4.78, 5) is 0. The van der Waals surface area contributed by atoms with Crippen molar-refractivity contribution in [2.45, 2.75) is 26.1 Å². The third kappa shape index (κ3) is 1.81. The van der Waals surface area contributed by atoms with Crippen LogP contribution in [-0.4, -0.2) is 10.2 Å². The first-order valence-electron chi connectivity index (χ1n) is 7.69. The molecule has 2 nitrogen and oxygen atoms in total. The van der Waals surface area contributed by atoms with Gasteiger partial charge in [-0.05, 0) is 58.7 Å². The fraction of sp³-hybridized carbons (Fsp3) is 0.200. The molecule has 0 fully saturated rings. The van der Waals surface area contributed by atoms with Crippen molar-refractivity contribution in [3.63, 3.8) is 0 Å². The van der Waals surface area contributed by atoms with Gasteiger partial charge < -0.3 is 10.2 Å². The van der Waals surface area contributed by atoms with Crippen molar-refractivity contribution in [1.82, 2.24) is 0 Å². The van der Waals surface area contributed by atoms with Gasteiger partial charge in [0.05, 0.1) is 0 Å². The summed E-state index contributed by atoms with van der Waals surface area (Å²) in [5, 5.41) is 22.5. The Labute approximate surface area is 133 Å². The molecule has 0 saturated carbocycles. The molecule has 116 valence electrons. The molecule has 2 N–H and O–H groups in total. The first-order valence-corrected chi connectivity index (χ1v) is 7.69. The minimum absolute atomic E-state index is 0.260. The van der Waals surface area contributed by atoms with E-state index >= 15 is 0 Å². The van der Waals surface area contributed by atoms with Crippen molar-refractivity contribution in [2.75, 3.05) is 0 Å².